The molecule has 0 aliphatic rings. The van der Waals surface area contributed by atoms with Crippen molar-refractivity contribution in [1.29, 1.82) is 0 Å². The molecule has 2 aromatic carbocycles. The van der Waals surface area contributed by atoms with Crippen molar-refractivity contribution >= 4 is 49.8 Å². The van der Waals surface area contributed by atoms with E-state index in [1.807, 2.05) is 19.1 Å². The lowest BCUT2D eigenvalue weighted by atomic mass is 10.2. The first-order valence-electron chi connectivity index (χ1n) is 8.41. The Morgan fingerprint density at radius 1 is 1.03 bits per heavy atom. The van der Waals surface area contributed by atoms with E-state index in [1.54, 1.807) is 31.4 Å². The van der Waals surface area contributed by atoms with Crippen LogP contribution in [0.25, 0.3) is 6.08 Å². The standard InChI is InChI=1S/C20H20Br2N2O5/c1-12-8-14(21)10-15(22)20(12)29-11-19(26)24-23-18(25)7-5-13-4-6-16(27-2)17(9-13)28-3/h4-10H,11H2,1-3H3,(H,23,25)(H,24,26). The number of methoxy groups -OCH3 is 2. The van der Waals surface area contributed by atoms with Crippen molar-refractivity contribution in [3.8, 4) is 17.2 Å². The summed E-state index contributed by atoms with van der Waals surface area (Å²) < 4.78 is 17.5. The molecule has 2 aromatic rings. The highest BCUT2D eigenvalue weighted by atomic mass is 79.9. The van der Waals surface area contributed by atoms with Crippen LogP contribution in [-0.2, 0) is 9.59 Å². The molecule has 2 N–H and O–H groups in total. The van der Waals surface area contributed by atoms with Gasteiger partial charge in [-0.1, -0.05) is 22.0 Å². The second-order valence-electron chi connectivity index (χ2n) is 5.81. The summed E-state index contributed by atoms with van der Waals surface area (Å²) >= 11 is 6.77. The number of carbonyl (C=O) groups is 2. The number of hydrogen-bond acceptors (Lipinski definition) is 5. The highest BCUT2D eigenvalue weighted by molar-refractivity contribution is 9.11. The molecule has 0 bridgehead atoms. The highest BCUT2D eigenvalue weighted by Crippen LogP contribution is 2.32. The molecule has 0 unspecified atom stereocenters. The van der Waals surface area contributed by atoms with Crippen LogP contribution in [0.15, 0.2) is 45.4 Å². The molecule has 0 heterocycles. The van der Waals surface area contributed by atoms with Crippen molar-refractivity contribution in [3.63, 3.8) is 0 Å². The molecule has 0 spiro atoms. The van der Waals surface area contributed by atoms with Gasteiger partial charge in [-0.3, -0.25) is 20.4 Å². The average molecular weight is 528 g/mol. The fraction of sp³-hybridized carbons (Fsp3) is 0.200. The van der Waals surface area contributed by atoms with E-state index in [1.165, 1.54) is 13.2 Å². The van der Waals surface area contributed by atoms with E-state index in [9.17, 15) is 9.59 Å². The smallest absolute Gasteiger partial charge is 0.276 e. The van der Waals surface area contributed by atoms with Gasteiger partial charge in [0.15, 0.2) is 18.1 Å². The largest absolute Gasteiger partial charge is 0.493 e. The molecule has 154 valence electrons. The van der Waals surface area contributed by atoms with Gasteiger partial charge in [-0.25, -0.2) is 0 Å². The van der Waals surface area contributed by atoms with Crippen LogP contribution in [-0.4, -0.2) is 32.6 Å². The van der Waals surface area contributed by atoms with Gasteiger partial charge in [0.1, 0.15) is 5.75 Å². The number of hydrogen-bond donors (Lipinski definition) is 2. The van der Waals surface area contributed by atoms with Crippen LogP contribution in [0, 0.1) is 6.92 Å². The molecule has 0 fully saturated rings. The van der Waals surface area contributed by atoms with E-state index in [4.69, 9.17) is 14.2 Å². The Morgan fingerprint density at radius 3 is 2.41 bits per heavy atom. The van der Waals surface area contributed by atoms with Gasteiger partial charge in [-0.05, 0) is 64.3 Å². The molecular formula is C20H20Br2N2O5. The van der Waals surface area contributed by atoms with E-state index in [2.05, 4.69) is 42.7 Å². The average Bonchev–Trinajstić information content (AvgIpc) is 2.69. The zero-order valence-electron chi connectivity index (χ0n) is 16.0. The van der Waals surface area contributed by atoms with E-state index in [0.717, 1.165) is 20.1 Å². The Morgan fingerprint density at radius 2 is 1.76 bits per heavy atom. The van der Waals surface area contributed by atoms with Crippen LogP contribution in [0.5, 0.6) is 17.2 Å². The Labute approximate surface area is 185 Å². The number of halogens is 2. The molecule has 0 aliphatic carbocycles. The first-order chi connectivity index (χ1) is 13.8. The quantitative estimate of drug-likeness (QED) is 0.423. The third kappa shape index (κ3) is 6.79. The number of ether oxygens (including phenoxy) is 3. The summed E-state index contributed by atoms with van der Waals surface area (Å²) in [6.07, 6.45) is 2.88. The monoisotopic (exact) mass is 526 g/mol. The second-order valence-corrected chi connectivity index (χ2v) is 7.58. The third-order valence-corrected chi connectivity index (χ3v) is 4.75. The van der Waals surface area contributed by atoms with Crippen molar-refractivity contribution in [3.05, 3.63) is 56.5 Å². The van der Waals surface area contributed by atoms with Crippen LogP contribution in [0.2, 0.25) is 0 Å². The zero-order chi connectivity index (χ0) is 21.4. The summed E-state index contributed by atoms with van der Waals surface area (Å²) in [5.74, 6) is 0.716. The molecule has 0 aromatic heterocycles. The minimum atomic E-state index is -0.493. The number of aryl methyl sites for hydroxylation is 1. The van der Waals surface area contributed by atoms with Crippen molar-refractivity contribution in [2.75, 3.05) is 20.8 Å². The number of carbonyl (C=O) groups excluding carboxylic acids is 2. The van der Waals surface area contributed by atoms with Gasteiger partial charge in [0.05, 0.1) is 18.7 Å². The number of rotatable bonds is 7. The molecule has 0 aliphatic heterocycles. The van der Waals surface area contributed by atoms with Gasteiger partial charge >= 0.3 is 0 Å². The predicted octanol–water partition coefficient (Wildman–Crippen LogP) is 3.78. The molecule has 29 heavy (non-hydrogen) atoms. The maximum Gasteiger partial charge on any atom is 0.276 e. The second kappa shape index (κ2) is 10.9. The minimum Gasteiger partial charge on any atom is -0.493 e. The molecular weight excluding hydrogens is 508 g/mol. The lowest BCUT2D eigenvalue weighted by Crippen LogP contribution is -2.43. The Kier molecular flexibility index (Phi) is 8.53. The lowest BCUT2D eigenvalue weighted by molar-refractivity contribution is -0.128. The first-order valence-corrected chi connectivity index (χ1v) is 10.00. The molecule has 0 saturated heterocycles. The Bertz CT molecular complexity index is 908. The maximum atomic E-state index is 11.9. The van der Waals surface area contributed by atoms with Gasteiger partial charge in [-0.15, -0.1) is 0 Å². The Balaban J connectivity index is 1.84. The van der Waals surface area contributed by atoms with Gasteiger partial charge in [-0.2, -0.15) is 0 Å². The summed E-state index contributed by atoms with van der Waals surface area (Å²) in [7, 11) is 3.08. The molecule has 9 heteroatoms. The topological polar surface area (TPSA) is 85.9 Å². The van der Waals surface area contributed by atoms with Gasteiger partial charge < -0.3 is 14.2 Å². The minimum absolute atomic E-state index is 0.249. The van der Waals surface area contributed by atoms with Crippen LogP contribution < -0.4 is 25.1 Å². The number of benzene rings is 2. The fourth-order valence-corrected chi connectivity index (χ4v) is 3.90. The Hall–Kier alpha value is -2.52. The third-order valence-electron chi connectivity index (χ3n) is 3.70. The SMILES string of the molecule is COc1ccc(C=CC(=O)NNC(=O)COc2c(C)cc(Br)cc2Br)cc1OC. The summed E-state index contributed by atoms with van der Waals surface area (Å²) in [6.45, 7) is 1.62. The van der Waals surface area contributed by atoms with E-state index >= 15 is 0 Å². The molecule has 2 amide bonds. The van der Waals surface area contributed by atoms with E-state index in [-0.39, 0.29) is 6.61 Å². The molecule has 2 rings (SSSR count). The first kappa shape index (κ1) is 22.8. The van der Waals surface area contributed by atoms with E-state index < -0.39 is 11.8 Å². The normalized spacial score (nSPS) is 10.5. The summed E-state index contributed by atoms with van der Waals surface area (Å²) in [6, 6.07) is 8.93. The van der Waals surface area contributed by atoms with Crippen LogP contribution in [0.4, 0.5) is 0 Å². The molecule has 0 atom stereocenters. The van der Waals surface area contributed by atoms with Gasteiger partial charge in [0.25, 0.3) is 11.8 Å². The van der Waals surface area contributed by atoms with Gasteiger partial charge in [0, 0.05) is 10.5 Å². The van der Waals surface area contributed by atoms with E-state index in [0.29, 0.717) is 17.2 Å². The number of amides is 2. The van der Waals surface area contributed by atoms with Gasteiger partial charge in [0.2, 0.25) is 0 Å². The van der Waals surface area contributed by atoms with Crippen LogP contribution in [0.1, 0.15) is 11.1 Å². The zero-order valence-corrected chi connectivity index (χ0v) is 19.2. The van der Waals surface area contributed by atoms with Crippen molar-refractivity contribution in [2.24, 2.45) is 0 Å². The molecule has 0 radical (unpaired) electrons. The number of hydrazine groups is 1. The summed E-state index contributed by atoms with van der Waals surface area (Å²) in [5, 5.41) is 0. The number of nitrogens with one attached hydrogen (secondary N) is 2. The summed E-state index contributed by atoms with van der Waals surface area (Å²) in [4.78, 5) is 23.8. The fourth-order valence-electron chi connectivity index (χ4n) is 2.35. The predicted molar refractivity (Wildman–Crippen MR) is 117 cm³/mol. The van der Waals surface area contributed by atoms with Crippen LogP contribution >= 0.6 is 31.9 Å². The lowest BCUT2D eigenvalue weighted by Gasteiger charge is -2.12. The summed E-state index contributed by atoms with van der Waals surface area (Å²) in [5.41, 5.74) is 6.19. The molecule has 7 nitrogen and oxygen atoms in total. The maximum absolute atomic E-state index is 11.9. The molecule has 0 saturated carbocycles. The van der Waals surface area contributed by atoms with Crippen molar-refractivity contribution in [1.82, 2.24) is 10.9 Å². The van der Waals surface area contributed by atoms with Crippen molar-refractivity contribution in [2.45, 2.75) is 6.92 Å². The van der Waals surface area contributed by atoms with Crippen molar-refractivity contribution < 1.29 is 23.8 Å². The van der Waals surface area contributed by atoms with Crippen LogP contribution in [0.3, 0.4) is 0 Å². The highest BCUT2D eigenvalue weighted by Gasteiger charge is 2.10.